The van der Waals surface area contributed by atoms with Gasteiger partial charge in [0.15, 0.2) is 0 Å². The highest BCUT2D eigenvalue weighted by molar-refractivity contribution is 5.86. The summed E-state index contributed by atoms with van der Waals surface area (Å²) in [4.78, 5) is 21.2. The van der Waals surface area contributed by atoms with E-state index in [0.717, 1.165) is 0 Å². The monoisotopic (exact) mass is 277 g/mol. The van der Waals surface area contributed by atoms with Gasteiger partial charge in [0, 0.05) is 12.1 Å². The third kappa shape index (κ3) is 3.14. The van der Waals surface area contributed by atoms with Crippen LogP contribution >= 0.6 is 0 Å². The van der Waals surface area contributed by atoms with Gasteiger partial charge >= 0.3 is 5.97 Å². The van der Waals surface area contributed by atoms with Gasteiger partial charge < -0.3 is 13.9 Å². The van der Waals surface area contributed by atoms with E-state index in [2.05, 4.69) is 4.74 Å². The Morgan fingerprint density at radius 3 is 2.55 bits per heavy atom. The van der Waals surface area contributed by atoms with Gasteiger partial charge in [-0.3, -0.25) is 10.1 Å². The predicted molar refractivity (Wildman–Crippen MR) is 67.5 cm³/mol. The number of esters is 1. The number of hydrogen-bond donors (Lipinski definition) is 0. The van der Waals surface area contributed by atoms with Gasteiger partial charge in [-0.25, -0.2) is 4.79 Å². The Hall–Kier alpha value is -2.83. The van der Waals surface area contributed by atoms with Crippen molar-refractivity contribution < 1.29 is 23.6 Å². The summed E-state index contributed by atoms with van der Waals surface area (Å²) in [7, 11) is 1.26. The highest BCUT2D eigenvalue weighted by Crippen LogP contribution is 2.19. The number of furan rings is 1. The molecule has 0 bridgehead atoms. The summed E-state index contributed by atoms with van der Waals surface area (Å²) >= 11 is 0. The largest absolute Gasteiger partial charge is 0.486 e. The molecule has 20 heavy (non-hydrogen) atoms. The van der Waals surface area contributed by atoms with Crippen LogP contribution in [0.25, 0.3) is 0 Å². The van der Waals surface area contributed by atoms with Crippen molar-refractivity contribution in [3.63, 3.8) is 0 Å². The van der Waals surface area contributed by atoms with Crippen LogP contribution < -0.4 is 4.74 Å². The smallest absolute Gasteiger partial charge is 0.373 e. The minimum atomic E-state index is -0.563. The first kappa shape index (κ1) is 13.6. The number of ether oxygens (including phenoxy) is 2. The van der Waals surface area contributed by atoms with Crippen molar-refractivity contribution in [2.24, 2.45) is 0 Å². The molecule has 0 unspecified atom stereocenters. The maximum Gasteiger partial charge on any atom is 0.373 e. The highest BCUT2D eigenvalue weighted by Gasteiger charge is 2.11. The normalized spacial score (nSPS) is 10.1. The van der Waals surface area contributed by atoms with E-state index >= 15 is 0 Å². The van der Waals surface area contributed by atoms with E-state index in [1.54, 1.807) is 6.07 Å². The molecule has 2 rings (SSSR count). The third-order valence-electron chi connectivity index (χ3n) is 2.48. The zero-order chi connectivity index (χ0) is 14.5. The van der Waals surface area contributed by atoms with Crippen molar-refractivity contribution in [1.29, 1.82) is 0 Å². The Morgan fingerprint density at radius 1 is 1.25 bits per heavy atom. The van der Waals surface area contributed by atoms with Crippen LogP contribution in [-0.4, -0.2) is 18.0 Å². The summed E-state index contributed by atoms with van der Waals surface area (Å²) in [5.41, 5.74) is -0.0108. The van der Waals surface area contributed by atoms with Crippen LogP contribution in [0.2, 0.25) is 0 Å². The minimum Gasteiger partial charge on any atom is -0.486 e. The Labute approximate surface area is 113 Å². The Balaban J connectivity index is 1.96. The number of nitrogens with zero attached hydrogens (tertiary/aromatic N) is 1. The fraction of sp³-hybridized carbons (Fsp3) is 0.154. The molecule has 1 aromatic carbocycles. The van der Waals surface area contributed by atoms with Crippen LogP contribution in [0.4, 0.5) is 5.69 Å². The van der Waals surface area contributed by atoms with E-state index in [-0.39, 0.29) is 18.1 Å². The molecule has 0 aliphatic rings. The van der Waals surface area contributed by atoms with E-state index in [4.69, 9.17) is 9.15 Å². The Kier molecular flexibility index (Phi) is 3.99. The van der Waals surface area contributed by atoms with E-state index in [1.165, 1.54) is 37.4 Å². The molecule has 2 aromatic rings. The summed E-state index contributed by atoms with van der Waals surface area (Å²) in [6, 6.07) is 8.75. The molecule has 0 N–H and O–H groups in total. The number of rotatable bonds is 5. The molecule has 1 heterocycles. The lowest BCUT2D eigenvalue weighted by molar-refractivity contribution is -0.384. The second-order valence-electron chi connectivity index (χ2n) is 3.80. The maximum atomic E-state index is 11.2. The molecular formula is C13H11NO6. The number of methoxy groups -OCH3 is 1. The van der Waals surface area contributed by atoms with Gasteiger partial charge in [-0.15, -0.1) is 0 Å². The van der Waals surface area contributed by atoms with Crippen molar-refractivity contribution in [3.8, 4) is 5.75 Å². The lowest BCUT2D eigenvalue weighted by Crippen LogP contribution is -1.99. The number of hydrogen-bond acceptors (Lipinski definition) is 6. The maximum absolute atomic E-state index is 11.2. The number of benzene rings is 1. The topological polar surface area (TPSA) is 91.8 Å². The van der Waals surface area contributed by atoms with Crippen molar-refractivity contribution in [3.05, 3.63) is 58.0 Å². The van der Waals surface area contributed by atoms with Gasteiger partial charge in [0.2, 0.25) is 5.76 Å². The lowest BCUT2D eigenvalue weighted by Gasteiger charge is -2.03. The molecule has 0 aliphatic carbocycles. The zero-order valence-corrected chi connectivity index (χ0v) is 10.6. The minimum absolute atomic E-state index is 0.0108. The standard InChI is InChI=1S/C13H11NO6/c1-18-13(15)12-7-6-11(20-12)8-19-10-4-2-9(3-5-10)14(16)17/h2-7H,8H2,1H3. The summed E-state index contributed by atoms with van der Waals surface area (Å²) in [5, 5.41) is 10.5. The second-order valence-corrected chi connectivity index (χ2v) is 3.80. The average molecular weight is 277 g/mol. The summed E-state index contributed by atoms with van der Waals surface area (Å²) in [6.07, 6.45) is 0. The SMILES string of the molecule is COC(=O)c1ccc(COc2ccc([N+](=O)[O-])cc2)o1. The molecule has 0 radical (unpaired) electrons. The molecule has 0 saturated heterocycles. The molecule has 0 saturated carbocycles. The number of nitro groups is 1. The number of carbonyl (C=O) groups excluding carboxylic acids is 1. The van der Waals surface area contributed by atoms with Crippen molar-refractivity contribution in [2.75, 3.05) is 7.11 Å². The van der Waals surface area contributed by atoms with Crippen LogP contribution in [0.3, 0.4) is 0 Å². The van der Waals surface area contributed by atoms with E-state index in [1.807, 2.05) is 0 Å². The summed E-state index contributed by atoms with van der Waals surface area (Å²) < 4.78 is 15.1. The number of non-ortho nitro benzene ring substituents is 1. The second kappa shape index (κ2) is 5.87. The zero-order valence-electron chi connectivity index (χ0n) is 10.6. The highest BCUT2D eigenvalue weighted by atomic mass is 16.6. The van der Waals surface area contributed by atoms with Gasteiger partial charge in [0.25, 0.3) is 5.69 Å². The van der Waals surface area contributed by atoms with Crippen LogP contribution in [0, 0.1) is 10.1 Å². The first-order chi connectivity index (χ1) is 9.60. The molecule has 0 fully saturated rings. The number of nitro benzene ring substituents is 1. The molecule has 1 aromatic heterocycles. The van der Waals surface area contributed by atoms with Crippen molar-refractivity contribution in [2.45, 2.75) is 6.61 Å². The molecule has 7 nitrogen and oxygen atoms in total. The first-order valence-electron chi connectivity index (χ1n) is 5.64. The fourth-order valence-corrected chi connectivity index (χ4v) is 1.48. The molecule has 0 atom stereocenters. The lowest BCUT2D eigenvalue weighted by atomic mass is 10.3. The van der Waals surface area contributed by atoms with E-state index in [9.17, 15) is 14.9 Å². The van der Waals surface area contributed by atoms with Crippen LogP contribution in [0.5, 0.6) is 5.75 Å². The van der Waals surface area contributed by atoms with Gasteiger partial charge in [-0.05, 0) is 24.3 Å². The average Bonchev–Trinajstić information content (AvgIpc) is 2.93. The fourth-order valence-electron chi connectivity index (χ4n) is 1.48. The van der Waals surface area contributed by atoms with Gasteiger partial charge in [0.05, 0.1) is 12.0 Å². The molecule has 0 amide bonds. The quantitative estimate of drug-likeness (QED) is 0.473. The van der Waals surface area contributed by atoms with Crippen molar-refractivity contribution >= 4 is 11.7 Å². The van der Waals surface area contributed by atoms with Gasteiger partial charge in [-0.2, -0.15) is 0 Å². The first-order valence-corrected chi connectivity index (χ1v) is 5.64. The molecule has 104 valence electrons. The van der Waals surface area contributed by atoms with Gasteiger partial charge in [-0.1, -0.05) is 0 Å². The Morgan fingerprint density at radius 2 is 1.95 bits per heavy atom. The summed E-state index contributed by atoms with van der Waals surface area (Å²) in [5.74, 6) is 0.441. The van der Waals surface area contributed by atoms with E-state index < -0.39 is 10.9 Å². The third-order valence-corrected chi connectivity index (χ3v) is 2.48. The van der Waals surface area contributed by atoms with Crippen molar-refractivity contribution in [1.82, 2.24) is 0 Å². The van der Waals surface area contributed by atoms with Gasteiger partial charge in [0.1, 0.15) is 18.1 Å². The molecule has 7 heteroatoms. The molecular weight excluding hydrogens is 266 g/mol. The van der Waals surface area contributed by atoms with Crippen LogP contribution in [0.1, 0.15) is 16.3 Å². The molecule has 0 spiro atoms. The predicted octanol–water partition coefficient (Wildman–Crippen LogP) is 2.55. The molecule has 0 aliphatic heterocycles. The van der Waals surface area contributed by atoms with Crippen LogP contribution in [0.15, 0.2) is 40.8 Å². The van der Waals surface area contributed by atoms with Crippen LogP contribution in [-0.2, 0) is 11.3 Å². The Bertz CT molecular complexity index is 616. The van der Waals surface area contributed by atoms with E-state index in [0.29, 0.717) is 11.5 Å². The number of carbonyl (C=O) groups is 1. The summed E-state index contributed by atoms with van der Waals surface area (Å²) in [6.45, 7) is 0.106.